The summed E-state index contributed by atoms with van der Waals surface area (Å²) in [4.78, 5) is 6.85. The third-order valence-electron chi connectivity index (χ3n) is 3.49. The number of nitrogens with zero attached hydrogens (tertiary/aromatic N) is 2. The lowest BCUT2D eigenvalue weighted by Gasteiger charge is -2.15. The van der Waals surface area contributed by atoms with Crippen molar-refractivity contribution in [2.75, 3.05) is 58.9 Å². The molecule has 0 heterocycles. The fraction of sp³-hybridized carbons (Fsp3) is 0.611. The van der Waals surface area contributed by atoms with Gasteiger partial charge in [-0.15, -0.1) is 0 Å². The summed E-state index contributed by atoms with van der Waals surface area (Å²) in [5, 5.41) is 6.59. The van der Waals surface area contributed by atoms with Crippen molar-refractivity contribution in [1.82, 2.24) is 10.2 Å². The van der Waals surface area contributed by atoms with Gasteiger partial charge in [0.2, 0.25) is 0 Å². The van der Waals surface area contributed by atoms with Gasteiger partial charge in [-0.2, -0.15) is 0 Å². The van der Waals surface area contributed by atoms with Gasteiger partial charge < -0.3 is 25.0 Å². The zero-order chi connectivity index (χ0) is 17.6. The highest BCUT2D eigenvalue weighted by atomic mass is 16.5. The molecule has 6 heteroatoms. The summed E-state index contributed by atoms with van der Waals surface area (Å²) in [6.07, 6.45) is 0.878. The van der Waals surface area contributed by atoms with Gasteiger partial charge in [-0.25, -0.2) is 0 Å². The molecule has 0 spiro atoms. The van der Waals surface area contributed by atoms with Crippen LogP contribution >= 0.6 is 0 Å². The van der Waals surface area contributed by atoms with Gasteiger partial charge in [-0.1, -0.05) is 13.0 Å². The number of rotatable bonds is 11. The molecule has 0 atom stereocenters. The number of likely N-dealkylation sites (N-methyl/N-ethyl adjacent to an activating group) is 1. The molecule has 0 saturated carbocycles. The minimum Gasteiger partial charge on any atom is -0.493 e. The lowest BCUT2D eigenvalue weighted by atomic mass is 10.3. The van der Waals surface area contributed by atoms with Crippen molar-refractivity contribution in [2.24, 2.45) is 4.99 Å². The monoisotopic (exact) mass is 336 g/mol. The summed E-state index contributed by atoms with van der Waals surface area (Å²) < 4.78 is 10.8. The minimum atomic E-state index is 0.648. The maximum atomic E-state index is 5.73. The van der Waals surface area contributed by atoms with E-state index >= 15 is 0 Å². The number of methoxy groups -OCH3 is 1. The van der Waals surface area contributed by atoms with E-state index in [0.29, 0.717) is 13.2 Å². The number of benzene rings is 1. The van der Waals surface area contributed by atoms with Crippen LogP contribution in [0.5, 0.6) is 5.75 Å². The molecule has 0 amide bonds. The van der Waals surface area contributed by atoms with Crippen LogP contribution in [-0.4, -0.2) is 64.4 Å². The van der Waals surface area contributed by atoms with E-state index < -0.39 is 0 Å². The van der Waals surface area contributed by atoms with E-state index in [-0.39, 0.29) is 0 Å². The van der Waals surface area contributed by atoms with Crippen molar-refractivity contribution in [3.8, 4) is 5.75 Å². The zero-order valence-electron chi connectivity index (χ0n) is 15.5. The van der Waals surface area contributed by atoms with Crippen LogP contribution in [0.4, 0.5) is 5.69 Å². The predicted molar refractivity (Wildman–Crippen MR) is 101 cm³/mol. The highest BCUT2D eigenvalue weighted by Gasteiger charge is 2.02. The van der Waals surface area contributed by atoms with Gasteiger partial charge in [0.05, 0.1) is 13.2 Å². The highest BCUT2D eigenvalue weighted by Crippen LogP contribution is 2.17. The quantitative estimate of drug-likeness (QED) is 0.369. The molecule has 0 unspecified atom stereocenters. The van der Waals surface area contributed by atoms with Gasteiger partial charge in [0.25, 0.3) is 0 Å². The molecule has 1 aromatic carbocycles. The third-order valence-corrected chi connectivity index (χ3v) is 3.49. The molecule has 1 rings (SSSR count). The minimum absolute atomic E-state index is 0.648. The van der Waals surface area contributed by atoms with Crippen LogP contribution in [0.1, 0.15) is 20.3 Å². The SMILES string of the molecule is CCNC(=NCCN(C)CC)Nc1cccc(OCCCOC)c1. The summed E-state index contributed by atoms with van der Waals surface area (Å²) in [5.74, 6) is 1.64. The molecule has 0 radical (unpaired) electrons. The molecule has 0 aliphatic carbocycles. The van der Waals surface area contributed by atoms with Gasteiger partial charge in [-0.3, -0.25) is 4.99 Å². The summed E-state index contributed by atoms with van der Waals surface area (Å²) in [5.41, 5.74) is 0.961. The molecule has 0 aliphatic heterocycles. The average molecular weight is 336 g/mol. The Balaban J connectivity index is 2.57. The summed E-state index contributed by atoms with van der Waals surface area (Å²) in [7, 11) is 3.80. The molecule has 0 aromatic heterocycles. The topological polar surface area (TPSA) is 58.1 Å². The Morgan fingerprint density at radius 2 is 2.08 bits per heavy atom. The molecule has 6 nitrogen and oxygen atoms in total. The Morgan fingerprint density at radius 1 is 1.25 bits per heavy atom. The van der Waals surface area contributed by atoms with Crippen LogP contribution in [0.25, 0.3) is 0 Å². The Kier molecular flexibility index (Phi) is 10.6. The van der Waals surface area contributed by atoms with Gasteiger partial charge in [0.1, 0.15) is 5.75 Å². The van der Waals surface area contributed by atoms with Crippen molar-refractivity contribution in [2.45, 2.75) is 20.3 Å². The Morgan fingerprint density at radius 3 is 2.79 bits per heavy atom. The molecule has 2 N–H and O–H groups in total. The molecule has 136 valence electrons. The Hall–Kier alpha value is -1.79. The number of ether oxygens (including phenoxy) is 2. The van der Waals surface area contributed by atoms with E-state index in [1.807, 2.05) is 24.3 Å². The molecular formula is C18H32N4O2. The lowest BCUT2D eigenvalue weighted by Crippen LogP contribution is -2.31. The average Bonchev–Trinajstić information content (AvgIpc) is 2.59. The lowest BCUT2D eigenvalue weighted by molar-refractivity contribution is 0.172. The first-order chi connectivity index (χ1) is 11.7. The second-order valence-electron chi connectivity index (χ2n) is 5.50. The van der Waals surface area contributed by atoms with Crippen molar-refractivity contribution >= 4 is 11.6 Å². The van der Waals surface area contributed by atoms with Gasteiger partial charge in [-0.05, 0) is 32.6 Å². The first kappa shape index (κ1) is 20.3. The molecule has 0 saturated heterocycles. The van der Waals surface area contributed by atoms with Crippen molar-refractivity contribution in [3.63, 3.8) is 0 Å². The van der Waals surface area contributed by atoms with Crippen LogP contribution < -0.4 is 15.4 Å². The third kappa shape index (κ3) is 8.74. The second kappa shape index (κ2) is 12.6. The number of aliphatic imine (C=N–C) groups is 1. The Labute approximate surface area is 146 Å². The maximum Gasteiger partial charge on any atom is 0.195 e. The van der Waals surface area contributed by atoms with E-state index in [2.05, 4.69) is 41.4 Å². The van der Waals surface area contributed by atoms with Crippen LogP contribution in [0.2, 0.25) is 0 Å². The van der Waals surface area contributed by atoms with Crippen molar-refractivity contribution in [1.29, 1.82) is 0 Å². The van der Waals surface area contributed by atoms with E-state index in [4.69, 9.17) is 9.47 Å². The van der Waals surface area contributed by atoms with Crippen LogP contribution in [0.3, 0.4) is 0 Å². The summed E-state index contributed by atoms with van der Waals surface area (Å²) in [6, 6.07) is 7.92. The predicted octanol–water partition coefficient (Wildman–Crippen LogP) is 2.43. The van der Waals surface area contributed by atoms with E-state index in [0.717, 1.165) is 50.0 Å². The number of hydrogen-bond acceptors (Lipinski definition) is 4. The normalized spacial score (nSPS) is 11.6. The molecular weight excluding hydrogens is 304 g/mol. The summed E-state index contributed by atoms with van der Waals surface area (Å²) >= 11 is 0. The number of guanidine groups is 1. The smallest absolute Gasteiger partial charge is 0.195 e. The fourth-order valence-electron chi connectivity index (χ4n) is 1.99. The maximum absolute atomic E-state index is 5.73. The fourth-order valence-corrected chi connectivity index (χ4v) is 1.99. The van der Waals surface area contributed by atoms with Crippen molar-refractivity contribution < 1.29 is 9.47 Å². The number of anilines is 1. The standard InChI is InChI=1S/C18H32N4O2/c1-5-19-18(20-11-12-22(3)6-2)21-16-9-7-10-17(15-16)24-14-8-13-23-4/h7,9-10,15H,5-6,8,11-14H2,1-4H3,(H2,19,20,21). The van der Waals surface area contributed by atoms with Gasteiger partial charge >= 0.3 is 0 Å². The molecule has 0 aliphatic rings. The highest BCUT2D eigenvalue weighted by molar-refractivity contribution is 5.93. The molecule has 0 fully saturated rings. The van der Waals surface area contributed by atoms with Crippen LogP contribution in [0.15, 0.2) is 29.3 Å². The van der Waals surface area contributed by atoms with Gasteiger partial charge in [0, 0.05) is 45.0 Å². The molecule has 1 aromatic rings. The van der Waals surface area contributed by atoms with Crippen LogP contribution in [-0.2, 0) is 4.74 Å². The van der Waals surface area contributed by atoms with E-state index in [1.165, 1.54) is 0 Å². The van der Waals surface area contributed by atoms with E-state index in [9.17, 15) is 0 Å². The number of nitrogens with one attached hydrogen (secondary N) is 2. The second-order valence-corrected chi connectivity index (χ2v) is 5.50. The first-order valence-corrected chi connectivity index (χ1v) is 8.65. The van der Waals surface area contributed by atoms with Crippen LogP contribution in [0, 0.1) is 0 Å². The van der Waals surface area contributed by atoms with Gasteiger partial charge in [0.15, 0.2) is 5.96 Å². The first-order valence-electron chi connectivity index (χ1n) is 8.65. The number of hydrogen-bond donors (Lipinski definition) is 2. The summed E-state index contributed by atoms with van der Waals surface area (Å²) in [6.45, 7) is 9.11. The Bertz CT molecular complexity index is 480. The largest absolute Gasteiger partial charge is 0.493 e. The zero-order valence-corrected chi connectivity index (χ0v) is 15.5. The van der Waals surface area contributed by atoms with Crippen molar-refractivity contribution in [3.05, 3.63) is 24.3 Å². The molecule has 0 bridgehead atoms. The van der Waals surface area contributed by atoms with E-state index in [1.54, 1.807) is 7.11 Å². The molecule has 24 heavy (non-hydrogen) atoms.